The van der Waals surface area contributed by atoms with Gasteiger partial charge < -0.3 is 14.6 Å². The lowest BCUT2D eigenvalue weighted by molar-refractivity contribution is -0.124. The third kappa shape index (κ3) is 4.32. The van der Waals surface area contributed by atoms with Gasteiger partial charge in [0.05, 0.1) is 24.8 Å². The minimum atomic E-state index is 0.0254. The second-order valence-corrected chi connectivity index (χ2v) is 7.04. The first-order chi connectivity index (χ1) is 11.1. The van der Waals surface area contributed by atoms with Crippen molar-refractivity contribution in [2.75, 3.05) is 26.2 Å². The number of amides is 1. The van der Waals surface area contributed by atoms with Crippen LogP contribution in [0.2, 0.25) is 0 Å². The molecule has 1 amide bonds. The van der Waals surface area contributed by atoms with Gasteiger partial charge in [-0.15, -0.1) is 0 Å². The molecule has 1 aromatic heterocycles. The van der Waals surface area contributed by atoms with Crippen molar-refractivity contribution in [1.82, 2.24) is 19.8 Å². The summed E-state index contributed by atoms with van der Waals surface area (Å²) in [5.74, 6) is 0.944. The zero-order chi connectivity index (χ0) is 16.2. The average Bonchev–Trinajstić information content (AvgIpc) is 2.96. The maximum Gasteiger partial charge on any atom is 0.234 e. The Bertz CT molecular complexity index is 522. The molecule has 3 rings (SSSR count). The third-order valence-corrected chi connectivity index (χ3v) is 5.08. The summed E-state index contributed by atoms with van der Waals surface area (Å²) in [4.78, 5) is 18.7. The highest BCUT2D eigenvalue weighted by Gasteiger charge is 2.27. The fourth-order valence-corrected chi connectivity index (χ4v) is 3.51. The summed E-state index contributed by atoms with van der Waals surface area (Å²) in [5, 5.41) is 3.20. The summed E-state index contributed by atoms with van der Waals surface area (Å²) in [6.07, 6.45) is 7.78. The molecule has 2 aliphatic rings. The molecule has 0 radical (unpaired) electrons. The maximum atomic E-state index is 12.3. The number of nitrogens with one attached hydrogen (secondary N) is 1. The number of aryl methyl sites for hydroxylation is 1. The lowest BCUT2D eigenvalue weighted by Crippen LogP contribution is -2.46. The average molecular weight is 320 g/mol. The van der Waals surface area contributed by atoms with Crippen LogP contribution in [0.15, 0.2) is 12.5 Å². The van der Waals surface area contributed by atoms with E-state index in [2.05, 4.69) is 22.1 Å². The molecular formula is C17H28N4O2. The molecule has 1 N–H and O–H groups in total. The molecule has 2 aliphatic heterocycles. The molecule has 0 aliphatic carbocycles. The number of nitrogens with zero attached hydrogens (tertiary/aromatic N) is 3. The molecule has 128 valence electrons. The number of likely N-dealkylation sites (tertiary alicyclic amines) is 1. The predicted octanol–water partition coefficient (Wildman–Crippen LogP) is 1.49. The second kappa shape index (κ2) is 7.45. The SMILES string of the molecule is CC1CCN(CC(=O)N[C@H]2CCO[C@@H](c3cncn3C)C2)CC1. The normalized spacial score (nSPS) is 27.0. The van der Waals surface area contributed by atoms with Crippen molar-refractivity contribution < 1.29 is 9.53 Å². The van der Waals surface area contributed by atoms with Gasteiger partial charge in [0, 0.05) is 19.7 Å². The van der Waals surface area contributed by atoms with E-state index in [-0.39, 0.29) is 18.1 Å². The number of aromatic nitrogens is 2. The van der Waals surface area contributed by atoms with Crippen LogP contribution in [0, 0.1) is 5.92 Å². The molecule has 0 aromatic carbocycles. The van der Waals surface area contributed by atoms with Crippen molar-refractivity contribution in [1.29, 1.82) is 0 Å². The van der Waals surface area contributed by atoms with Gasteiger partial charge in [0.25, 0.3) is 0 Å². The van der Waals surface area contributed by atoms with Gasteiger partial charge in [-0.05, 0) is 44.7 Å². The van der Waals surface area contributed by atoms with E-state index >= 15 is 0 Å². The molecule has 1 aromatic rings. The van der Waals surface area contributed by atoms with Crippen LogP contribution >= 0.6 is 0 Å². The Morgan fingerprint density at radius 3 is 2.87 bits per heavy atom. The van der Waals surface area contributed by atoms with E-state index in [1.807, 2.05) is 17.8 Å². The van der Waals surface area contributed by atoms with E-state index in [9.17, 15) is 4.79 Å². The van der Waals surface area contributed by atoms with E-state index in [0.717, 1.165) is 37.5 Å². The highest BCUT2D eigenvalue weighted by atomic mass is 16.5. The Morgan fingerprint density at radius 2 is 2.17 bits per heavy atom. The summed E-state index contributed by atoms with van der Waals surface area (Å²) < 4.78 is 7.84. The lowest BCUT2D eigenvalue weighted by atomic mass is 9.99. The first-order valence-corrected chi connectivity index (χ1v) is 8.71. The summed E-state index contributed by atoms with van der Waals surface area (Å²) in [6, 6.07) is 0.194. The first-order valence-electron chi connectivity index (χ1n) is 8.71. The Balaban J connectivity index is 1.47. The minimum Gasteiger partial charge on any atom is -0.372 e. The molecule has 0 saturated carbocycles. The first kappa shape index (κ1) is 16.5. The number of carbonyl (C=O) groups is 1. The van der Waals surface area contributed by atoms with E-state index in [1.165, 1.54) is 12.8 Å². The number of hydrogen-bond donors (Lipinski definition) is 1. The zero-order valence-corrected chi connectivity index (χ0v) is 14.2. The fourth-order valence-electron chi connectivity index (χ4n) is 3.51. The van der Waals surface area contributed by atoms with Crippen molar-refractivity contribution in [2.24, 2.45) is 13.0 Å². The van der Waals surface area contributed by atoms with Gasteiger partial charge in [0.1, 0.15) is 6.10 Å². The number of rotatable bonds is 4. The molecule has 6 heteroatoms. The van der Waals surface area contributed by atoms with Gasteiger partial charge in [-0.3, -0.25) is 9.69 Å². The third-order valence-electron chi connectivity index (χ3n) is 5.08. The van der Waals surface area contributed by atoms with Crippen LogP contribution in [-0.2, 0) is 16.6 Å². The Morgan fingerprint density at radius 1 is 1.39 bits per heavy atom. The van der Waals surface area contributed by atoms with Crippen LogP contribution in [0.1, 0.15) is 44.4 Å². The Kier molecular flexibility index (Phi) is 5.33. The topological polar surface area (TPSA) is 59.4 Å². The minimum absolute atomic E-state index is 0.0254. The van der Waals surface area contributed by atoms with Crippen molar-refractivity contribution >= 4 is 5.91 Å². The van der Waals surface area contributed by atoms with E-state index < -0.39 is 0 Å². The monoisotopic (exact) mass is 320 g/mol. The molecule has 0 bridgehead atoms. The van der Waals surface area contributed by atoms with Crippen LogP contribution in [0.25, 0.3) is 0 Å². The molecule has 23 heavy (non-hydrogen) atoms. The van der Waals surface area contributed by atoms with E-state index in [1.54, 1.807) is 6.33 Å². The lowest BCUT2D eigenvalue weighted by Gasteiger charge is -2.32. The van der Waals surface area contributed by atoms with Gasteiger partial charge in [-0.1, -0.05) is 6.92 Å². The van der Waals surface area contributed by atoms with Crippen LogP contribution in [0.5, 0.6) is 0 Å². The number of piperidine rings is 1. The molecule has 2 atom stereocenters. The van der Waals surface area contributed by atoms with Gasteiger partial charge in [-0.25, -0.2) is 4.98 Å². The molecule has 6 nitrogen and oxygen atoms in total. The summed E-state index contributed by atoms with van der Waals surface area (Å²) in [7, 11) is 1.98. The highest BCUT2D eigenvalue weighted by molar-refractivity contribution is 5.78. The fraction of sp³-hybridized carbons (Fsp3) is 0.765. The number of carbonyl (C=O) groups excluding carboxylic acids is 1. The molecule has 0 spiro atoms. The zero-order valence-electron chi connectivity index (χ0n) is 14.2. The quantitative estimate of drug-likeness (QED) is 0.913. The van der Waals surface area contributed by atoms with Crippen molar-refractivity contribution in [3.05, 3.63) is 18.2 Å². The second-order valence-electron chi connectivity index (χ2n) is 7.04. The number of hydrogen-bond acceptors (Lipinski definition) is 4. The van der Waals surface area contributed by atoms with Gasteiger partial charge in [-0.2, -0.15) is 0 Å². The largest absolute Gasteiger partial charge is 0.372 e. The van der Waals surface area contributed by atoms with Crippen molar-refractivity contribution in [2.45, 2.75) is 44.8 Å². The number of imidazole rings is 1. The van der Waals surface area contributed by atoms with E-state index in [0.29, 0.717) is 13.2 Å². The van der Waals surface area contributed by atoms with Crippen molar-refractivity contribution in [3.8, 4) is 0 Å². The van der Waals surface area contributed by atoms with Crippen LogP contribution in [-0.4, -0.2) is 52.6 Å². The Labute approximate surface area is 138 Å². The van der Waals surface area contributed by atoms with Gasteiger partial charge >= 0.3 is 0 Å². The summed E-state index contributed by atoms with van der Waals surface area (Å²) >= 11 is 0. The predicted molar refractivity (Wildman–Crippen MR) is 87.9 cm³/mol. The summed E-state index contributed by atoms with van der Waals surface area (Å²) in [5.41, 5.74) is 1.08. The van der Waals surface area contributed by atoms with Crippen LogP contribution < -0.4 is 5.32 Å². The molecule has 3 heterocycles. The molecule has 2 saturated heterocycles. The van der Waals surface area contributed by atoms with Gasteiger partial charge in [0.2, 0.25) is 5.91 Å². The van der Waals surface area contributed by atoms with E-state index in [4.69, 9.17) is 4.74 Å². The maximum absolute atomic E-state index is 12.3. The number of ether oxygens (including phenoxy) is 1. The van der Waals surface area contributed by atoms with Crippen LogP contribution in [0.4, 0.5) is 0 Å². The molecular weight excluding hydrogens is 292 g/mol. The van der Waals surface area contributed by atoms with Crippen molar-refractivity contribution in [3.63, 3.8) is 0 Å². The van der Waals surface area contributed by atoms with Gasteiger partial charge in [0.15, 0.2) is 0 Å². The summed E-state index contributed by atoms with van der Waals surface area (Å²) in [6.45, 7) is 5.58. The Hall–Kier alpha value is -1.40. The molecule has 2 fully saturated rings. The van der Waals surface area contributed by atoms with Crippen LogP contribution in [0.3, 0.4) is 0 Å². The molecule has 0 unspecified atom stereocenters. The smallest absolute Gasteiger partial charge is 0.234 e. The standard InChI is InChI=1S/C17H28N4O2/c1-13-3-6-21(7-4-13)11-17(22)19-14-5-8-23-16(9-14)15-10-18-12-20(15)2/h10,12-14,16H,3-9,11H2,1-2H3,(H,19,22)/t14-,16+/m0/s1. The highest BCUT2D eigenvalue weighted by Crippen LogP contribution is 2.27.